The molecule has 212 valence electrons. The first-order valence-corrected chi connectivity index (χ1v) is 14.0. The van der Waals surface area contributed by atoms with Crippen molar-refractivity contribution in [1.29, 1.82) is 0 Å². The lowest BCUT2D eigenvalue weighted by Gasteiger charge is -2.33. The van der Waals surface area contributed by atoms with E-state index < -0.39 is 0 Å². The van der Waals surface area contributed by atoms with Crippen molar-refractivity contribution in [2.45, 2.75) is 26.1 Å². The van der Waals surface area contributed by atoms with Gasteiger partial charge < -0.3 is 19.1 Å². The number of fused-ring (bicyclic) bond motifs is 2. The number of hydrogen-bond acceptors (Lipinski definition) is 6. The largest absolute Gasteiger partial charge is 0.490 e. The molecule has 0 fully saturated rings. The van der Waals surface area contributed by atoms with Crippen LogP contribution in [0.1, 0.15) is 27.0 Å². The predicted molar refractivity (Wildman–Crippen MR) is 162 cm³/mol. The Morgan fingerprint density at radius 2 is 1.74 bits per heavy atom. The molecule has 5 aromatic rings. The van der Waals surface area contributed by atoms with Gasteiger partial charge in [-0.1, -0.05) is 54.6 Å². The predicted octanol–water partition coefficient (Wildman–Crippen LogP) is 6.20. The number of nitrogens with zero attached hydrogens (tertiary/aromatic N) is 2. The van der Waals surface area contributed by atoms with E-state index in [-0.39, 0.29) is 31.0 Å². The summed E-state index contributed by atoms with van der Waals surface area (Å²) in [5, 5.41) is 0.846. The molecule has 0 N–H and O–H groups in total. The number of rotatable bonds is 8. The van der Waals surface area contributed by atoms with Crippen LogP contribution in [0, 0.1) is 6.92 Å². The van der Waals surface area contributed by atoms with E-state index in [2.05, 4.69) is 4.90 Å². The first-order valence-electron chi connectivity index (χ1n) is 14.0. The number of para-hydroxylation sites is 2. The summed E-state index contributed by atoms with van der Waals surface area (Å²) in [5.74, 6) is 1.07. The Labute approximate surface area is 244 Å². The summed E-state index contributed by atoms with van der Waals surface area (Å²) in [4.78, 5) is 28.4. The number of carbonyl (C=O) groups is 2. The highest BCUT2D eigenvalue weighted by atomic mass is 16.5. The number of anilines is 1. The van der Waals surface area contributed by atoms with Crippen LogP contribution in [0.25, 0.3) is 10.9 Å². The zero-order valence-corrected chi connectivity index (χ0v) is 23.7. The van der Waals surface area contributed by atoms with Crippen LogP contribution >= 0.6 is 0 Å². The van der Waals surface area contributed by atoms with Crippen molar-refractivity contribution >= 4 is 28.5 Å². The highest BCUT2D eigenvalue weighted by Gasteiger charge is 2.24. The Balaban J connectivity index is 1.12. The minimum absolute atomic E-state index is 0.109. The molecule has 42 heavy (non-hydrogen) atoms. The standard InChI is InChI=1S/C35H32N2O5/c1-24-19-27(40-23-28-21-36(2)32-12-6-7-14-33(32)42-28)15-16-29(24)35(39)37-18-17-30-26(11-8-13-31(30)37)20-34(38)41-22-25-9-4-3-5-10-25/h3-19,28H,20-23H2,1-2H3/t28-/m0/s1. The van der Waals surface area contributed by atoms with Crippen molar-refractivity contribution in [1.82, 2.24) is 4.57 Å². The normalized spacial score (nSPS) is 14.2. The number of likely N-dealkylation sites (N-methyl/N-ethyl adjacent to an activating group) is 1. The van der Waals surface area contributed by atoms with Crippen LogP contribution in [0.5, 0.6) is 11.5 Å². The van der Waals surface area contributed by atoms with Gasteiger partial charge in [-0.25, -0.2) is 0 Å². The maximum atomic E-state index is 13.6. The van der Waals surface area contributed by atoms with Gasteiger partial charge in [0, 0.05) is 24.2 Å². The molecule has 2 heterocycles. The van der Waals surface area contributed by atoms with Crippen molar-refractivity contribution in [2.75, 3.05) is 25.1 Å². The van der Waals surface area contributed by atoms with Crippen LogP contribution in [0.15, 0.2) is 103 Å². The lowest BCUT2D eigenvalue weighted by atomic mass is 10.1. The van der Waals surface area contributed by atoms with Crippen LogP contribution in [0.2, 0.25) is 0 Å². The molecule has 1 aliphatic heterocycles. The molecule has 0 bridgehead atoms. The van der Waals surface area contributed by atoms with Gasteiger partial charge >= 0.3 is 5.97 Å². The molecule has 0 spiro atoms. The number of carbonyl (C=O) groups excluding carboxylic acids is 2. The third-order valence-corrected chi connectivity index (χ3v) is 7.53. The third-order valence-electron chi connectivity index (χ3n) is 7.53. The van der Waals surface area contributed by atoms with Crippen molar-refractivity contribution in [3.63, 3.8) is 0 Å². The van der Waals surface area contributed by atoms with Crippen molar-refractivity contribution in [3.8, 4) is 11.5 Å². The number of esters is 1. The summed E-state index contributed by atoms with van der Waals surface area (Å²) in [6.45, 7) is 3.25. The summed E-state index contributed by atoms with van der Waals surface area (Å²) >= 11 is 0. The Bertz CT molecular complexity index is 1740. The summed E-state index contributed by atoms with van der Waals surface area (Å²) in [5.41, 5.74) is 4.96. The molecule has 0 radical (unpaired) electrons. The van der Waals surface area contributed by atoms with Crippen LogP contribution in [0.3, 0.4) is 0 Å². The zero-order valence-electron chi connectivity index (χ0n) is 23.7. The molecule has 0 unspecified atom stereocenters. The summed E-state index contributed by atoms with van der Waals surface area (Å²) < 4.78 is 19.3. The molecule has 0 aliphatic carbocycles. The zero-order chi connectivity index (χ0) is 29.1. The van der Waals surface area contributed by atoms with E-state index >= 15 is 0 Å². The topological polar surface area (TPSA) is 70.0 Å². The summed E-state index contributed by atoms with van der Waals surface area (Å²) in [7, 11) is 2.05. The van der Waals surface area contributed by atoms with Gasteiger partial charge in [-0.05, 0) is 66.1 Å². The molecular formula is C35H32N2O5. The van der Waals surface area contributed by atoms with Gasteiger partial charge in [-0.15, -0.1) is 0 Å². The second kappa shape index (κ2) is 11.8. The van der Waals surface area contributed by atoms with Crippen LogP contribution < -0.4 is 14.4 Å². The van der Waals surface area contributed by atoms with Crippen molar-refractivity contribution < 1.29 is 23.8 Å². The molecular weight excluding hydrogens is 528 g/mol. The number of hydrogen-bond donors (Lipinski definition) is 0. The third kappa shape index (κ3) is 5.72. The van der Waals surface area contributed by atoms with E-state index in [0.29, 0.717) is 17.9 Å². The van der Waals surface area contributed by atoms with Gasteiger partial charge in [0.2, 0.25) is 0 Å². The molecule has 7 heteroatoms. The van der Waals surface area contributed by atoms with Gasteiger partial charge in [0.15, 0.2) is 0 Å². The number of benzene rings is 4. The molecule has 1 atom stereocenters. The molecule has 4 aromatic carbocycles. The highest BCUT2D eigenvalue weighted by molar-refractivity contribution is 6.04. The number of aromatic nitrogens is 1. The molecule has 7 nitrogen and oxygen atoms in total. The smallest absolute Gasteiger partial charge is 0.310 e. The highest BCUT2D eigenvalue weighted by Crippen LogP contribution is 2.32. The van der Waals surface area contributed by atoms with Crippen molar-refractivity contribution in [3.05, 3.63) is 126 Å². The summed E-state index contributed by atoms with van der Waals surface area (Å²) in [6, 6.07) is 30.6. The molecule has 1 aromatic heterocycles. The molecule has 6 rings (SSSR count). The maximum absolute atomic E-state index is 13.6. The monoisotopic (exact) mass is 560 g/mol. The lowest BCUT2D eigenvalue weighted by molar-refractivity contribution is -0.144. The Kier molecular flexibility index (Phi) is 7.64. The van der Waals surface area contributed by atoms with Gasteiger partial charge in [0.05, 0.1) is 24.2 Å². The molecule has 0 saturated carbocycles. The number of ether oxygens (including phenoxy) is 3. The first kappa shape index (κ1) is 27.1. The molecule has 0 saturated heterocycles. The van der Waals surface area contributed by atoms with E-state index in [4.69, 9.17) is 14.2 Å². The van der Waals surface area contributed by atoms with Crippen LogP contribution in [-0.4, -0.2) is 42.7 Å². The van der Waals surface area contributed by atoms with Crippen LogP contribution in [0.4, 0.5) is 5.69 Å². The van der Waals surface area contributed by atoms with Crippen LogP contribution in [-0.2, 0) is 22.6 Å². The fourth-order valence-electron chi connectivity index (χ4n) is 5.37. The van der Waals surface area contributed by atoms with E-state index in [0.717, 1.165) is 45.6 Å². The quantitative estimate of drug-likeness (QED) is 0.211. The number of aryl methyl sites for hydroxylation is 1. The second-order valence-corrected chi connectivity index (χ2v) is 10.5. The van der Waals surface area contributed by atoms with E-state index in [1.807, 2.05) is 105 Å². The summed E-state index contributed by atoms with van der Waals surface area (Å²) in [6.07, 6.45) is 1.77. The first-order chi connectivity index (χ1) is 20.5. The molecule has 1 aliphatic rings. The second-order valence-electron chi connectivity index (χ2n) is 10.5. The van der Waals surface area contributed by atoms with Crippen molar-refractivity contribution in [2.24, 2.45) is 0 Å². The maximum Gasteiger partial charge on any atom is 0.310 e. The van der Waals surface area contributed by atoms with Gasteiger partial charge in [0.25, 0.3) is 5.91 Å². The Morgan fingerprint density at radius 1 is 0.929 bits per heavy atom. The fraction of sp³-hybridized carbons (Fsp3) is 0.200. The Hall–Kier alpha value is -5.04. The van der Waals surface area contributed by atoms with Gasteiger partial charge in [0.1, 0.15) is 30.8 Å². The van der Waals surface area contributed by atoms with Gasteiger partial charge in [-0.3, -0.25) is 14.2 Å². The average Bonchev–Trinajstić information content (AvgIpc) is 3.45. The Morgan fingerprint density at radius 3 is 2.57 bits per heavy atom. The average molecular weight is 561 g/mol. The fourth-order valence-corrected chi connectivity index (χ4v) is 5.37. The van der Waals surface area contributed by atoms with E-state index in [1.165, 1.54) is 0 Å². The minimum Gasteiger partial charge on any atom is -0.490 e. The van der Waals surface area contributed by atoms with E-state index in [1.54, 1.807) is 16.8 Å². The van der Waals surface area contributed by atoms with Gasteiger partial charge in [-0.2, -0.15) is 0 Å². The SMILES string of the molecule is Cc1cc(OC[C@@H]2CN(C)c3ccccc3O2)ccc1C(=O)n1ccc2c(CC(=O)OCc3ccccc3)cccc21. The lowest BCUT2D eigenvalue weighted by Crippen LogP contribution is -2.41. The van der Waals surface area contributed by atoms with E-state index in [9.17, 15) is 9.59 Å². The molecule has 0 amide bonds. The minimum atomic E-state index is -0.314.